The van der Waals surface area contributed by atoms with E-state index in [1.807, 2.05) is 0 Å². The van der Waals surface area contributed by atoms with Crippen LogP contribution in [0.1, 0.15) is 22.6 Å². The molecule has 18 heavy (non-hydrogen) atoms. The Morgan fingerprint density at radius 1 is 1.39 bits per heavy atom. The molecule has 6 nitrogen and oxygen atoms in total. The van der Waals surface area contributed by atoms with Crippen LogP contribution in [-0.2, 0) is 6.42 Å². The summed E-state index contributed by atoms with van der Waals surface area (Å²) >= 11 is 0. The highest BCUT2D eigenvalue weighted by molar-refractivity contribution is 5.98. The molecule has 2 rings (SSSR count). The topological polar surface area (TPSA) is 96.7 Å². The molecule has 2 aromatic rings. The van der Waals surface area contributed by atoms with E-state index in [1.54, 1.807) is 30.7 Å². The lowest BCUT2D eigenvalue weighted by Gasteiger charge is -2.05. The molecule has 2 aromatic heterocycles. The first kappa shape index (κ1) is 12.1. The highest BCUT2D eigenvalue weighted by Crippen LogP contribution is 2.06. The van der Waals surface area contributed by atoms with Crippen molar-refractivity contribution in [2.45, 2.75) is 12.8 Å². The maximum absolute atomic E-state index is 11.8. The fourth-order valence-electron chi connectivity index (χ4n) is 1.60. The molecule has 6 heteroatoms. The number of anilines is 1. The number of carbonyl (C=O) groups is 1. The number of aromatic nitrogens is 3. The summed E-state index contributed by atoms with van der Waals surface area (Å²) in [6.07, 6.45) is 6.67. The Bertz CT molecular complexity index is 509. The Kier molecular flexibility index (Phi) is 3.90. The zero-order chi connectivity index (χ0) is 12.8. The molecule has 2 heterocycles. The van der Waals surface area contributed by atoms with Gasteiger partial charge in [-0.05, 0) is 18.6 Å². The fraction of sp³-hybridized carbons (Fsp3) is 0.250. The summed E-state index contributed by atoms with van der Waals surface area (Å²) < 4.78 is 0. The number of amides is 1. The maximum atomic E-state index is 11.8. The highest BCUT2D eigenvalue weighted by atomic mass is 16.1. The van der Waals surface area contributed by atoms with Crippen molar-refractivity contribution in [1.29, 1.82) is 0 Å². The second-order valence-corrected chi connectivity index (χ2v) is 3.83. The second kappa shape index (κ2) is 5.81. The molecule has 0 unspecified atom stereocenters. The van der Waals surface area contributed by atoms with Crippen LogP contribution in [0.15, 0.2) is 30.7 Å². The zero-order valence-corrected chi connectivity index (χ0v) is 9.89. The number of nitrogens with zero attached hydrogens (tertiary/aromatic N) is 2. The summed E-state index contributed by atoms with van der Waals surface area (Å²) in [5.74, 6) is 0.978. The Morgan fingerprint density at radius 3 is 3.00 bits per heavy atom. The quantitative estimate of drug-likeness (QED) is 0.677. The molecule has 0 atom stereocenters. The van der Waals surface area contributed by atoms with E-state index in [4.69, 9.17) is 5.73 Å². The van der Waals surface area contributed by atoms with Crippen LogP contribution in [0, 0.1) is 0 Å². The summed E-state index contributed by atoms with van der Waals surface area (Å²) in [4.78, 5) is 22.8. The third-order valence-electron chi connectivity index (χ3n) is 2.51. The normalized spacial score (nSPS) is 10.2. The molecule has 0 spiro atoms. The lowest BCUT2D eigenvalue weighted by Crippen LogP contribution is -2.26. The van der Waals surface area contributed by atoms with Crippen LogP contribution in [-0.4, -0.2) is 27.4 Å². The number of hydrogen-bond acceptors (Lipinski definition) is 4. The number of carbonyl (C=O) groups excluding carboxylic acids is 1. The Balaban J connectivity index is 1.77. The minimum absolute atomic E-state index is 0.194. The van der Waals surface area contributed by atoms with Gasteiger partial charge in [0.1, 0.15) is 11.6 Å². The number of aromatic amines is 1. The number of nitrogen functional groups attached to an aromatic ring is 1. The van der Waals surface area contributed by atoms with Crippen molar-refractivity contribution in [3.8, 4) is 0 Å². The number of hydrogen-bond donors (Lipinski definition) is 3. The highest BCUT2D eigenvalue weighted by Gasteiger charge is 2.08. The van der Waals surface area contributed by atoms with Crippen molar-refractivity contribution < 1.29 is 4.79 Å². The van der Waals surface area contributed by atoms with Gasteiger partial charge in [-0.2, -0.15) is 0 Å². The SMILES string of the molecule is Nc1ncccc1C(=O)NCCCc1ncc[nH]1. The maximum Gasteiger partial charge on any atom is 0.255 e. The molecule has 0 aliphatic heterocycles. The number of nitrogens with one attached hydrogen (secondary N) is 2. The first-order valence-corrected chi connectivity index (χ1v) is 5.74. The standard InChI is InChI=1S/C12H15N5O/c13-11-9(3-1-5-16-11)12(18)17-6-2-4-10-14-7-8-15-10/h1,3,5,7-8H,2,4,6H2,(H2,13,16)(H,14,15)(H,17,18). The largest absolute Gasteiger partial charge is 0.383 e. The molecule has 0 fully saturated rings. The van der Waals surface area contributed by atoms with Crippen LogP contribution < -0.4 is 11.1 Å². The van der Waals surface area contributed by atoms with Crippen molar-refractivity contribution in [3.05, 3.63) is 42.1 Å². The van der Waals surface area contributed by atoms with E-state index in [0.29, 0.717) is 12.1 Å². The van der Waals surface area contributed by atoms with Crippen molar-refractivity contribution in [2.24, 2.45) is 0 Å². The van der Waals surface area contributed by atoms with Crippen LogP contribution in [0.5, 0.6) is 0 Å². The molecular weight excluding hydrogens is 230 g/mol. The number of aryl methyl sites for hydroxylation is 1. The molecule has 1 amide bonds. The van der Waals surface area contributed by atoms with E-state index in [9.17, 15) is 4.79 Å². The lowest BCUT2D eigenvalue weighted by molar-refractivity contribution is 0.0954. The fourth-order valence-corrected chi connectivity index (χ4v) is 1.60. The van der Waals surface area contributed by atoms with Crippen molar-refractivity contribution >= 4 is 11.7 Å². The van der Waals surface area contributed by atoms with E-state index >= 15 is 0 Å². The van der Waals surface area contributed by atoms with E-state index in [2.05, 4.69) is 20.3 Å². The van der Waals surface area contributed by atoms with Crippen molar-refractivity contribution in [2.75, 3.05) is 12.3 Å². The second-order valence-electron chi connectivity index (χ2n) is 3.83. The van der Waals surface area contributed by atoms with Gasteiger partial charge in [-0.25, -0.2) is 9.97 Å². The van der Waals surface area contributed by atoms with Crippen LogP contribution >= 0.6 is 0 Å². The summed E-state index contributed by atoms with van der Waals surface area (Å²) in [6.45, 7) is 0.577. The summed E-state index contributed by atoms with van der Waals surface area (Å²) in [6, 6.07) is 3.35. The van der Waals surface area contributed by atoms with Gasteiger partial charge in [0.15, 0.2) is 0 Å². The van der Waals surface area contributed by atoms with E-state index in [-0.39, 0.29) is 11.7 Å². The third kappa shape index (κ3) is 3.07. The average molecular weight is 245 g/mol. The number of pyridine rings is 1. The van der Waals surface area contributed by atoms with Gasteiger partial charge in [-0.15, -0.1) is 0 Å². The van der Waals surface area contributed by atoms with Gasteiger partial charge < -0.3 is 16.0 Å². The van der Waals surface area contributed by atoms with Crippen molar-refractivity contribution in [1.82, 2.24) is 20.3 Å². The molecule has 4 N–H and O–H groups in total. The molecular formula is C12H15N5O. The predicted molar refractivity (Wildman–Crippen MR) is 67.9 cm³/mol. The van der Waals surface area contributed by atoms with Crippen LogP contribution in [0.2, 0.25) is 0 Å². The molecule has 94 valence electrons. The summed E-state index contributed by atoms with van der Waals surface area (Å²) in [5.41, 5.74) is 6.03. The summed E-state index contributed by atoms with van der Waals surface area (Å²) in [5, 5.41) is 2.80. The first-order chi connectivity index (χ1) is 8.77. The average Bonchev–Trinajstić information content (AvgIpc) is 2.88. The van der Waals surface area contributed by atoms with Crippen LogP contribution in [0.4, 0.5) is 5.82 Å². The number of H-pyrrole nitrogens is 1. The van der Waals surface area contributed by atoms with Gasteiger partial charge in [-0.1, -0.05) is 0 Å². The van der Waals surface area contributed by atoms with Gasteiger partial charge in [0.05, 0.1) is 5.56 Å². The molecule has 0 bridgehead atoms. The number of imidazole rings is 1. The zero-order valence-electron chi connectivity index (χ0n) is 9.89. The molecule has 0 radical (unpaired) electrons. The molecule has 0 aliphatic carbocycles. The lowest BCUT2D eigenvalue weighted by atomic mass is 10.2. The van der Waals surface area contributed by atoms with Gasteiger partial charge in [0.2, 0.25) is 0 Å². The summed E-state index contributed by atoms with van der Waals surface area (Å²) in [7, 11) is 0. The minimum atomic E-state index is -0.194. The van der Waals surface area contributed by atoms with E-state index in [1.165, 1.54) is 0 Å². The Morgan fingerprint density at radius 2 is 2.28 bits per heavy atom. The smallest absolute Gasteiger partial charge is 0.255 e. The van der Waals surface area contributed by atoms with Gasteiger partial charge >= 0.3 is 0 Å². The van der Waals surface area contributed by atoms with Gasteiger partial charge in [0, 0.05) is 31.6 Å². The molecule has 0 saturated carbocycles. The van der Waals surface area contributed by atoms with E-state index in [0.717, 1.165) is 18.7 Å². The monoisotopic (exact) mass is 245 g/mol. The first-order valence-electron chi connectivity index (χ1n) is 5.74. The third-order valence-corrected chi connectivity index (χ3v) is 2.51. The van der Waals surface area contributed by atoms with Crippen LogP contribution in [0.25, 0.3) is 0 Å². The minimum Gasteiger partial charge on any atom is -0.383 e. The van der Waals surface area contributed by atoms with E-state index < -0.39 is 0 Å². The Hall–Kier alpha value is -2.37. The molecule has 0 aliphatic rings. The Labute approximate surface area is 105 Å². The number of nitrogens with two attached hydrogens (primary N) is 1. The van der Waals surface area contributed by atoms with Crippen molar-refractivity contribution in [3.63, 3.8) is 0 Å². The van der Waals surface area contributed by atoms with Gasteiger partial charge in [-0.3, -0.25) is 4.79 Å². The van der Waals surface area contributed by atoms with Crippen LogP contribution in [0.3, 0.4) is 0 Å². The number of rotatable bonds is 5. The molecule has 0 saturated heterocycles. The molecule has 0 aromatic carbocycles. The predicted octanol–water partition coefficient (Wildman–Crippen LogP) is 0.749. The van der Waals surface area contributed by atoms with Gasteiger partial charge in [0.25, 0.3) is 5.91 Å².